The molecule has 9 heteroatoms. The number of aromatic nitrogens is 2. The van der Waals surface area contributed by atoms with Crippen LogP contribution in [-0.2, 0) is 17.6 Å². The van der Waals surface area contributed by atoms with Gasteiger partial charge in [0.2, 0.25) is 11.7 Å². The number of aromatic amines is 2. The smallest absolute Gasteiger partial charge is 0.245 e. The van der Waals surface area contributed by atoms with E-state index in [2.05, 4.69) is 97.2 Å². The van der Waals surface area contributed by atoms with Gasteiger partial charge in [0.15, 0.2) is 6.04 Å². The Labute approximate surface area is 274 Å². The van der Waals surface area contributed by atoms with Crippen LogP contribution in [-0.4, -0.2) is 69.8 Å². The van der Waals surface area contributed by atoms with Gasteiger partial charge in [0, 0.05) is 57.9 Å². The molecule has 236 valence electrons. The van der Waals surface area contributed by atoms with Crippen molar-refractivity contribution in [1.29, 1.82) is 0 Å². The number of fused-ring (bicyclic) bond motifs is 2. The molecule has 1 amide bonds. The van der Waals surface area contributed by atoms with Crippen LogP contribution in [0.3, 0.4) is 0 Å². The fraction of sp³-hybridized carbons (Fsp3) is 0.324. The molecule has 0 spiro atoms. The number of para-hydroxylation sites is 2. The Bertz CT molecular complexity index is 1890. The number of aryl methyl sites for hydroxylation is 1. The van der Waals surface area contributed by atoms with Crippen LogP contribution in [0.2, 0.25) is 0 Å². The molecule has 3 unspecified atom stereocenters. The normalized spacial score (nSPS) is 21.8. The number of amidine groups is 1. The Morgan fingerprint density at radius 3 is 2.50 bits per heavy atom. The Hall–Kier alpha value is -4.40. The number of rotatable bonds is 11. The highest BCUT2D eigenvalue weighted by atomic mass is 35.5. The van der Waals surface area contributed by atoms with E-state index >= 15 is 0 Å². The van der Waals surface area contributed by atoms with Crippen molar-refractivity contribution in [3.8, 4) is 0 Å². The lowest BCUT2D eigenvalue weighted by Gasteiger charge is -2.26. The Morgan fingerprint density at radius 1 is 1.02 bits per heavy atom. The summed E-state index contributed by atoms with van der Waals surface area (Å²) in [5, 5.41) is 10.4. The summed E-state index contributed by atoms with van der Waals surface area (Å²) < 4.78 is 2.46. The average Bonchev–Trinajstić information content (AvgIpc) is 3.79. The fourth-order valence-corrected chi connectivity index (χ4v) is 7.27. The third-order valence-corrected chi connectivity index (χ3v) is 9.90. The van der Waals surface area contributed by atoms with E-state index < -0.39 is 0 Å². The number of carbonyl (C=O) groups is 1. The Balaban J connectivity index is 1.20. The standard InChI is InChI=1S/C37H40ClN7O/c38-30-17-24(12-14-31(30)39)23-45-35(22-43-36(45)15-13-25-20-41-32-10-3-1-8-28(25)32)34(44-37(46)19-27-7-5-6-16-40-27)18-26-21-42-33-11-4-2-9-29(26)33/h1-6,8-12,16-17,20-21,27,31,34-35,41-42H,7,13-15,18-19,22-23,39H2,(H,44,46)/p+1/t27?,31?,34-,35?/m1/s1. The van der Waals surface area contributed by atoms with Crippen molar-refractivity contribution in [2.75, 3.05) is 13.1 Å². The number of aliphatic imine (C=N–C) groups is 1. The van der Waals surface area contributed by atoms with Gasteiger partial charge in [0.25, 0.3) is 0 Å². The molecular weight excluding hydrogens is 594 g/mol. The minimum atomic E-state index is -0.158. The van der Waals surface area contributed by atoms with E-state index in [9.17, 15) is 4.79 Å². The van der Waals surface area contributed by atoms with Crippen molar-refractivity contribution in [2.45, 2.75) is 62.7 Å². The summed E-state index contributed by atoms with van der Waals surface area (Å²) in [7, 11) is 0. The SMILES string of the molecule is NC1CC=C(C[N+]2=C(CCc3c[nH]c4ccccc34)NCC2[C@@H](Cc2c[nH]c3ccccc23)NC(=O)CC2CC=CC=N2)C=C1Cl. The molecule has 8 nitrogen and oxygen atoms in total. The van der Waals surface area contributed by atoms with Gasteiger partial charge in [-0.05, 0) is 66.7 Å². The van der Waals surface area contributed by atoms with E-state index in [1.807, 2.05) is 18.2 Å². The van der Waals surface area contributed by atoms with Crippen molar-refractivity contribution in [1.82, 2.24) is 20.6 Å². The van der Waals surface area contributed by atoms with Gasteiger partial charge in [0.1, 0.15) is 13.1 Å². The zero-order valence-corrected chi connectivity index (χ0v) is 26.6. The van der Waals surface area contributed by atoms with Gasteiger partial charge < -0.3 is 21.0 Å². The number of allylic oxidation sites excluding steroid dienone is 1. The molecule has 3 aliphatic rings. The fourth-order valence-electron chi connectivity index (χ4n) is 7.04. The number of halogens is 1. The van der Waals surface area contributed by atoms with Crippen molar-refractivity contribution >= 4 is 51.4 Å². The summed E-state index contributed by atoms with van der Waals surface area (Å²) in [6.45, 7) is 1.41. The van der Waals surface area contributed by atoms with Gasteiger partial charge in [0.05, 0.1) is 18.5 Å². The summed E-state index contributed by atoms with van der Waals surface area (Å²) in [5.74, 6) is 1.20. The van der Waals surface area contributed by atoms with E-state index in [4.69, 9.17) is 17.3 Å². The predicted molar refractivity (Wildman–Crippen MR) is 188 cm³/mol. The molecule has 0 bridgehead atoms. The van der Waals surface area contributed by atoms with Crippen molar-refractivity contribution < 1.29 is 9.37 Å². The van der Waals surface area contributed by atoms with Crippen molar-refractivity contribution in [2.24, 2.45) is 10.7 Å². The second-order valence-corrected chi connectivity index (χ2v) is 13.0. The Kier molecular flexibility index (Phi) is 8.90. The molecule has 0 saturated heterocycles. The first kappa shape index (κ1) is 30.3. The number of benzene rings is 2. The molecule has 46 heavy (non-hydrogen) atoms. The second kappa shape index (κ2) is 13.5. The molecule has 0 fully saturated rings. The van der Waals surface area contributed by atoms with Gasteiger partial charge in [-0.15, -0.1) is 0 Å². The number of amides is 1. The van der Waals surface area contributed by atoms with Crippen LogP contribution in [0, 0.1) is 0 Å². The lowest BCUT2D eigenvalue weighted by atomic mass is 9.97. The molecule has 2 aliphatic heterocycles. The van der Waals surface area contributed by atoms with E-state index in [-0.39, 0.29) is 30.1 Å². The second-order valence-electron chi connectivity index (χ2n) is 12.6. The number of carbonyl (C=O) groups excluding carboxylic acids is 1. The number of nitrogens with zero attached hydrogens (tertiary/aromatic N) is 2. The van der Waals surface area contributed by atoms with E-state index in [0.29, 0.717) is 30.8 Å². The first-order chi connectivity index (χ1) is 22.5. The Morgan fingerprint density at radius 2 is 1.76 bits per heavy atom. The summed E-state index contributed by atoms with van der Waals surface area (Å²) in [5.41, 5.74) is 12.1. The third-order valence-electron chi connectivity index (χ3n) is 9.51. The molecule has 2 aromatic carbocycles. The third kappa shape index (κ3) is 6.59. The van der Waals surface area contributed by atoms with Gasteiger partial charge >= 0.3 is 0 Å². The zero-order chi connectivity index (χ0) is 31.5. The predicted octanol–water partition coefficient (Wildman–Crippen LogP) is 5.26. The highest BCUT2D eigenvalue weighted by molar-refractivity contribution is 6.30. The molecule has 1 aliphatic carbocycles. The number of dihydropyridines is 1. The molecule has 7 rings (SSSR count). The number of nitrogens with two attached hydrogens (primary N) is 1. The van der Waals surface area contributed by atoms with Crippen LogP contribution in [0.15, 0.2) is 101 Å². The van der Waals surface area contributed by atoms with Crippen LogP contribution in [0.25, 0.3) is 21.8 Å². The number of H-pyrrole nitrogens is 2. The van der Waals surface area contributed by atoms with Crippen molar-refractivity contribution in [3.05, 3.63) is 107 Å². The number of hydrogen-bond donors (Lipinski definition) is 5. The monoisotopic (exact) mass is 634 g/mol. The molecule has 4 atom stereocenters. The lowest BCUT2D eigenvalue weighted by Crippen LogP contribution is -2.51. The largest absolute Gasteiger partial charge is 0.361 e. The molecule has 2 aromatic heterocycles. The van der Waals surface area contributed by atoms with Crippen molar-refractivity contribution in [3.63, 3.8) is 0 Å². The molecular formula is C37H41ClN7O+. The van der Waals surface area contributed by atoms with Gasteiger partial charge in [-0.25, -0.2) is 0 Å². The number of nitrogens with one attached hydrogen (secondary N) is 4. The molecule has 4 heterocycles. The van der Waals surface area contributed by atoms with Crippen LogP contribution in [0.1, 0.15) is 36.8 Å². The van der Waals surface area contributed by atoms with Gasteiger partial charge in [-0.3, -0.25) is 19.7 Å². The van der Waals surface area contributed by atoms with Gasteiger partial charge in [-0.2, -0.15) is 0 Å². The summed E-state index contributed by atoms with van der Waals surface area (Å²) in [6, 6.07) is 16.5. The average molecular weight is 635 g/mol. The first-order valence-corrected chi connectivity index (χ1v) is 16.7. The van der Waals surface area contributed by atoms with Gasteiger partial charge in [-0.1, -0.05) is 60.2 Å². The maximum absolute atomic E-state index is 13.6. The summed E-state index contributed by atoms with van der Waals surface area (Å²) in [6.07, 6.45) is 18.5. The molecule has 6 N–H and O–H groups in total. The number of hydrogen-bond acceptors (Lipinski definition) is 4. The van der Waals surface area contributed by atoms with E-state index in [1.165, 1.54) is 27.7 Å². The highest BCUT2D eigenvalue weighted by Crippen LogP contribution is 2.25. The van der Waals surface area contributed by atoms with E-state index in [0.717, 1.165) is 42.4 Å². The zero-order valence-electron chi connectivity index (χ0n) is 25.9. The quantitative estimate of drug-likeness (QED) is 0.145. The minimum Gasteiger partial charge on any atom is -0.361 e. The molecule has 0 radical (unpaired) electrons. The van der Waals surface area contributed by atoms with Crippen LogP contribution in [0.5, 0.6) is 0 Å². The minimum absolute atomic E-state index is 0.0222. The maximum Gasteiger partial charge on any atom is 0.245 e. The summed E-state index contributed by atoms with van der Waals surface area (Å²) >= 11 is 6.55. The first-order valence-electron chi connectivity index (χ1n) is 16.3. The van der Waals surface area contributed by atoms with Crippen LogP contribution >= 0.6 is 11.6 Å². The van der Waals surface area contributed by atoms with E-state index in [1.54, 1.807) is 6.21 Å². The molecule has 0 saturated carbocycles. The lowest BCUT2D eigenvalue weighted by molar-refractivity contribution is -0.552. The van der Waals surface area contributed by atoms with Crippen LogP contribution < -0.4 is 16.4 Å². The van der Waals surface area contributed by atoms with Crippen LogP contribution in [0.4, 0.5) is 0 Å². The topological polar surface area (TPSA) is 114 Å². The summed E-state index contributed by atoms with van der Waals surface area (Å²) in [4.78, 5) is 25.0. The highest BCUT2D eigenvalue weighted by Gasteiger charge is 2.39. The maximum atomic E-state index is 13.6. The molecule has 4 aromatic rings.